The minimum Gasteiger partial charge on any atom is -0.310 e. The maximum atomic E-state index is 14.3. The van der Waals surface area contributed by atoms with Gasteiger partial charge in [-0.2, -0.15) is 0 Å². The van der Waals surface area contributed by atoms with Crippen molar-refractivity contribution in [3.05, 3.63) is 50.7 Å². The summed E-state index contributed by atoms with van der Waals surface area (Å²) in [5.41, 5.74) is 3.76. The molecule has 0 aliphatic carbocycles. The van der Waals surface area contributed by atoms with Gasteiger partial charge in [0.1, 0.15) is 5.82 Å². The van der Waals surface area contributed by atoms with Crippen molar-refractivity contribution in [2.75, 3.05) is 6.54 Å². The first kappa shape index (κ1) is 15.1. The molecule has 20 heavy (non-hydrogen) atoms. The molecule has 108 valence electrons. The monoisotopic (exact) mass is 292 g/mol. The molecule has 0 radical (unpaired) electrons. The van der Waals surface area contributed by atoms with Gasteiger partial charge in [0.15, 0.2) is 0 Å². The molecule has 1 N–H and O–H groups in total. The van der Waals surface area contributed by atoms with E-state index in [-0.39, 0.29) is 11.9 Å². The van der Waals surface area contributed by atoms with Crippen LogP contribution in [0.25, 0.3) is 0 Å². The van der Waals surface area contributed by atoms with E-state index in [0.717, 1.165) is 40.4 Å². The lowest BCUT2D eigenvalue weighted by atomic mass is 9.96. The number of rotatable bonds is 5. The number of likely N-dealkylation sites (N-methyl/N-ethyl adjacent to an activating group) is 1. The predicted molar refractivity (Wildman–Crippen MR) is 82.8 cm³/mol. The molecular formula is C16H21FN2S. The van der Waals surface area contributed by atoms with Crippen LogP contribution in [0.1, 0.15) is 40.4 Å². The van der Waals surface area contributed by atoms with Gasteiger partial charge in [0.05, 0.1) is 5.01 Å². The van der Waals surface area contributed by atoms with E-state index in [1.165, 1.54) is 0 Å². The highest BCUT2D eigenvalue weighted by atomic mass is 32.1. The van der Waals surface area contributed by atoms with Gasteiger partial charge in [-0.05, 0) is 44.5 Å². The van der Waals surface area contributed by atoms with Gasteiger partial charge in [-0.1, -0.05) is 13.0 Å². The third-order valence-corrected chi connectivity index (χ3v) is 4.31. The molecule has 1 aromatic heterocycles. The number of hydrogen-bond donors (Lipinski definition) is 1. The van der Waals surface area contributed by atoms with E-state index in [0.29, 0.717) is 0 Å². The third kappa shape index (κ3) is 3.44. The predicted octanol–water partition coefficient (Wildman–Crippen LogP) is 4.10. The van der Waals surface area contributed by atoms with Gasteiger partial charge < -0.3 is 5.32 Å². The molecule has 0 amide bonds. The molecule has 4 heteroatoms. The average Bonchev–Trinajstić information content (AvgIpc) is 2.73. The van der Waals surface area contributed by atoms with Gasteiger partial charge >= 0.3 is 0 Å². The molecule has 0 saturated heterocycles. The van der Waals surface area contributed by atoms with E-state index in [1.54, 1.807) is 17.4 Å². The van der Waals surface area contributed by atoms with Gasteiger partial charge in [0.2, 0.25) is 0 Å². The molecule has 0 spiro atoms. The van der Waals surface area contributed by atoms with E-state index in [4.69, 9.17) is 0 Å². The van der Waals surface area contributed by atoms with Gasteiger partial charge in [0.25, 0.3) is 0 Å². The summed E-state index contributed by atoms with van der Waals surface area (Å²) in [5, 5.41) is 6.47. The fourth-order valence-electron chi connectivity index (χ4n) is 2.56. The highest BCUT2D eigenvalue weighted by Crippen LogP contribution is 2.27. The first-order valence-corrected chi connectivity index (χ1v) is 7.80. The standard InChI is InChI=1S/C16H21FN2S/c1-5-18-14(8-15-19-12(4)9-20-15)16-11(3)6-10(2)7-13(16)17/h6-7,9,14,18H,5,8H2,1-4H3. The molecule has 2 aromatic rings. The zero-order valence-electron chi connectivity index (χ0n) is 12.5. The maximum absolute atomic E-state index is 14.3. The Hall–Kier alpha value is -1.26. The highest BCUT2D eigenvalue weighted by Gasteiger charge is 2.19. The third-order valence-electron chi connectivity index (χ3n) is 3.33. The minimum absolute atomic E-state index is 0.0221. The smallest absolute Gasteiger partial charge is 0.128 e. The van der Waals surface area contributed by atoms with Crippen LogP contribution in [0, 0.1) is 26.6 Å². The Morgan fingerprint density at radius 2 is 2.05 bits per heavy atom. The summed E-state index contributed by atoms with van der Waals surface area (Å²) in [4.78, 5) is 4.49. The van der Waals surface area contributed by atoms with E-state index in [9.17, 15) is 4.39 Å². The summed E-state index contributed by atoms with van der Waals surface area (Å²) >= 11 is 1.64. The molecule has 1 unspecified atom stereocenters. The largest absolute Gasteiger partial charge is 0.310 e. The molecule has 1 aromatic carbocycles. The number of aromatic nitrogens is 1. The van der Waals surface area contributed by atoms with Crippen LogP contribution in [0.3, 0.4) is 0 Å². The van der Waals surface area contributed by atoms with Crippen molar-refractivity contribution in [3.8, 4) is 0 Å². The van der Waals surface area contributed by atoms with E-state index < -0.39 is 0 Å². The van der Waals surface area contributed by atoms with E-state index >= 15 is 0 Å². The molecule has 1 atom stereocenters. The van der Waals surface area contributed by atoms with Crippen molar-refractivity contribution in [3.63, 3.8) is 0 Å². The second-order valence-electron chi connectivity index (χ2n) is 5.17. The number of thiazole rings is 1. The molecule has 0 fully saturated rings. The fourth-order valence-corrected chi connectivity index (χ4v) is 3.38. The fraction of sp³-hybridized carbons (Fsp3) is 0.438. The summed E-state index contributed by atoms with van der Waals surface area (Å²) in [6.45, 7) is 8.73. The normalized spacial score (nSPS) is 12.7. The van der Waals surface area contributed by atoms with Crippen molar-refractivity contribution < 1.29 is 4.39 Å². The van der Waals surface area contributed by atoms with Crippen LogP contribution in [0.2, 0.25) is 0 Å². The molecule has 0 saturated carbocycles. The molecule has 0 aliphatic rings. The Labute approximate surface area is 124 Å². The highest BCUT2D eigenvalue weighted by molar-refractivity contribution is 7.09. The van der Waals surface area contributed by atoms with Crippen molar-refractivity contribution in [1.29, 1.82) is 0 Å². The van der Waals surface area contributed by atoms with Crippen molar-refractivity contribution >= 4 is 11.3 Å². The Morgan fingerprint density at radius 1 is 1.30 bits per heavy atom. The quantitative estimate of drug-likeness (QED) is 0.897. The van der Waals surface area contributed by atoms with Crippen LogP contribution in [0.15, 0.2) is 17.5 Å². The zero-order chi connectivity index (χ0) is 14.7. The van der Waals surface area contributed by atoms with Crippen molar-refractivity contribution in [2.45, 2.75) is 40.2 Å². The first-order chi connectivity index (χ1) is 9.51. The average molecular weight is 292 g/mol. The van der Waals surface area contributed by atoms with Crippen molar-refractivity contribution in [1.82, 2.24) is 10.3 Å². The summed E-state index contributed by atoms with van der Waals surface area (Å²) < 4.78 is 14.3. The minimum atomic E-state index is -0.123. The molecule has 0 aliphatic heterocycles. The summed E-state index contributed by atoms with van der Waals surface area (Å²) in [6, 6.07) is 3.63. The van der Waals surface area contributed by atoms with Crippen LogP contribution < -0.4 is 5.32 Å². The topological polar surface area (TPSA) is 24.9 Å². The van der Waals surface area contributed by atoms with Crippen LogP contribution in [-0.2, 0) is 6.42 Å². The molecule has 0 bridgehead atoms. The second-order valence-corrected chi connectivity index (χ2v) is 6.12. The van der Waals surface area contributed by atoms with Crippen LogP contribution in [-0.4, -0.2) is 11.5 Å². The Balaban J connectivity index is 2.33. The number of hydrogen-bond acceptors (Lipinski definition) is 3. The molecule has 2 rings (SSSR count). The van der Waals surface area contributed by atoms with Crippen LogP contribution >= 0.6 is 11.3 Å². The lowest BCUT2D eigenvalue weighted by Gasteiger charge is -2.20. The van der Waals surface area contributed by atoms with Gasteiger partial charge in [-0.25, -0.2) is 9.37 Å². The second kappa shape index (κ2) is 6.46. The van der Waals surface area contributed by atoms with Gasteiger partial charge in [-0.15, -0.1) is 11.3 Å². The lowest BCUT2D eigenvalue weighted by molar-refractivity contribution is 0.506. The lowest BCUT2D eigenvalue weighted by Crippen LogP contribution is -2.25. The van der Waals surface area contributed by atoms with E-state index in [2.05, 4.69) is 10.3 Å². The number of benzene rings is 1. The Bertz CT molecular complexity index is 569. The summed E-state index contributed by atoms with van der Waals surface area (Å²) in [6.07, 6.45) is 0.729. The number of aryl methyl sites for hydroxylation is 3. The Kier molecular flexibility index (Phi) is 4.89. The first-order valence-electron chi connectivity index (χ1n) is 6.92. The molecular weight excluding hydrogens is 271 g/mol. The SMILES string of the molecule is CCNC(Cc1nc(C)cs1)c1c(C)cc(C)cc1F. The van der Waals surface area contributed by atoms with Crippen LogP contribution in [0.5, 0.6) is 0 Å². The summed E-state index contributed by atoms with van der Waals surface area (Å²) in [7, 11) is 0. The van der Waals surface area contributed by atoms with Gasteiger partial charge in [0, 0.05) is 29.1 Å². The van der Waals surface area contributed by atoms with Crippen molar-refractivity contribution in [2.24, 2.45) is 0 Å². The molecule has 1 heterocycles. The zero-order valence-corrected chi connectivity index (χ0v) is 13.3. The number of nitrogens with zero attached hydrogens (tertiary/aromatic N) is 1. The number of halogens is 1. The van der Waals surface area contributed by atoms with Crippen LogP contribution in [0.4, 0.5) is 4.39 Å². The van der Waals surface area contributed by atoms with E-state index in [1.807, 2.05) is 39.1 Å². The summed E-state index contributed by atoms with van der Waals surface area (Å²) in [5.74, 6) is -0.123. The van der Waals surface area contributed by atoms with Gasteiger partial charge in [-0.3, -0.25) is 0 Å². The molecule has 2 nitrogen and oxygen atoms in total. The maximum Gasteiger partial charge on any atom is 0.128 e. The number of nitrogens with one attached hydrogen (secondary N) is 1. The Morgan fingerprint density at radius 3 is 2.60 bits per heavy atom.